The van der Waals surface area contributed by atoms with Crippen molar-refractivity contribution in [2.45, 2.75) is 45.8 Å². The summed E-state index contributed by atoms with van der Waals surface area (Å²) in [4.78, 5) is 27.2. The van der Waals surface area contributed by atoms with Crippen LogP contribution >= 0.6 is 0 Å². The highest BCUT2D eigenvalue weighted by atomic mass is 19.1. The molecule has 2 atom stereocenters. The number of benzene rings is 2. The highest BCUT2D eigenvalue weighted by molar-refractivity contribution is 6.07. The quantitative estimate of drug-likeness (QED) is 0.559. The predicted molar refractivity (Wildman–Crippen MR) is 132 cm³/mol. The van der Waals surface area contributed by atoms with Crippen LogP contribution in [0.5, 0.6) is 0 Å². The maximum atomic E-state index is 13.5. The second-order valence-corrected chi connectivity index (χ2v) is 9.08. The lowest BCUT2D eigenvalue weighted by molar-refractivity contribution is -0.128. The summed E-state index contributed by atoms with van der Waals surface area (Å²) in [5.74, 6) is -1.28. The summed E-state index contributed by atoms with van der Waals surface area (Å²) in [5, 5.41) is 17.3. The molecule has 0 spiro atoms. The smallest absolute Gasteiger partial charge is 0.253 e. The first-order valence-corrected chi connectivity index (χ1v) is 11.5. The van der Waals surface area contributed by atoms with Crippen molar-refractivity contribution in [2.75, 3.05) is 12.4 Å². The molecule has 35 heavy (non-hydrogen) atoms. The number of hydrogen-bond donors (Lipinski definition) is 2. The number of hydrogen-bond acceptors (Lipinski definition) is 4. The van der Waals surface area contributed by atoms with E-state index in [1.807, 2.05) is 38.1 Å². The molecule has 4 rings (SSSR count). The van der Waals surface area contributed by atoms with Crippen LogP contribution in [0.4, 0.5) is 10.1 Å². The standard InChI is InChI=1S/C27H29FN4O3/c1-16-5-6-20(25-11-17(2)32(30-25)14-18(3)33)12-24(16)29-27(35)23-15-31(4)26(34)13-22(23)19-7-9-21(28)10-8-19/h5-12,15,18,22,33H,13-14H2,1-4H3,(H,29,35). The first-order chi connectivity index (χ1) is 16.6. The summed E-state index contributed by atoms with van der Waals surface area (Å²) >= 11 is 0. The number of nitrogens with zero attached hydrogens (tertiary/aromatic N) is 3. The maximum Gasteiger partial charge on any atom is 0.253 e. The zero-order valence-electron chi connectivity index (χ0n) is 20.2. The van der Waals surface area contributed by atoms with Gasteiger partial charge < -0.3 is 15.3 Å². The van der Waals surface area contributed by atoms with Gasteiger partial charge in [0.2, 0.25) is 5.91 Å². The number of aliphatic hydroxyl groups is 1. The summed E-state index contributed by atoms with van der Waals surface area (Å²) in [7, 11) is 1.62. The molecule has 0 saturated carbocycles. The fourth-order valence-corrected chi connectivity index (χ4v) is 4.21. The van der Waals surface area contributed by atoms with Gasteiger partial charge in [-0.1, -0.05) is 24.3 Å². The van der Waals surface area contributed by atoms with Gasteiger partial charge in [0.1, 0.15) is 5.82 Å². The molecule has 1 aliphatic heterocycles. The number of rotatable bonds is 6. The molecule has 0 radical (unpaired) electrons. The Balaban J connectivity index is 1.63. The lowest BCUT2D eigenvalue weighted by atomic mass is 9.85. The molecule has 2 heterocycles. The fraction of sp³-hybridized carbons (Fsp3) is 0.296. The monoisotopic (exact) mass is 476 g/mol. The average Bonchev–Trinajstić information content (AvgIpc) is 3.16. The molecule has 2 unspecified atom stereocenters. The third-order valence-corrected chi connectivity index (χ3v) is 6.21. The topological polar surface area (TPSA) is 87.5 Å². The Morgan fingerprint density at radius 2 is 1.91 bits per heavy atom. The van der Waals surface area contributed by atoms with Crippen molar-refractivity contribution in [3.05, 3.63) is 82.9 Å². The zero-order valence-corrected chi connectivity index (χ0v) is 20.2. The minimum Gasteiger partial charge on any atom is -0.391 e. The molecular weight excluding hydrogens is 447 g/mol. The van der Waals surface area contributed by atoms with Crippen molar-refractivity contribution in [1.29, 1.82) is 0 Å². The number of amides is 2. The van der Waals surface area contributed by atoms with Crippen molar-refractivity contribution in [1.82, 2.24) is 14.7 Å². The van der Waals surface area contributed by atoms with Gasteiger partial charge in [-0.2, -0.15) is 5.10 Å². The van der Waals surface area contributed by atoms with E-state index in [1.165, 1.54) is 17.0 Å². The summed E-state index contributed by atoms with van der Waals surface area (Å²) in [6.45, 7) is 5.94. The molecule has 2 N–H and O–H groups in total. The maximum absolute atomic E-state index is 13.5. The molecule has 2 aromatic carbocycles. The highest BCUT2D eigenvalue weighted by Gasteiger charge is 2.31. The van der Waals surface area contributed by atoms with Crippen LogP contribution in [0.2, 0.25) is 0 Å². The van der Waals surface area contributed by atoms with Crippen LogP contribution in [0.25, 0.3) is 11.3 Å². The van der Waals surface area contributed by atoms with E-state index < -0.39 is 12.0 Å². The highest BCUT2D eigenvalue weighted by Crippen LogP contribution is 2.34. The third kappa shape index (κ3) is 5.33. The van der Waals surface area contributed by atoms with Crippen LogP contribution in [-0.4, -0.2) is 44.8 Å². The van der Waals surface area contributed by atoms with Gasteiger partial charge in [-0.05, 0) is 56.2 Å². The lowest BCUT2D eigenvalue weighted by Crippen LogP contribution is -2.33. The molecule has 3 aromatic rings. The number of aliphatic hydroxyl groups excluding tert-OH is 1. The van der Waals surface area contributed by atoms with Gasteiger partial charge >= 0.3 is 0 Å². The molecule has 0 saturated heterocycles. The van der Waals surface area contributed by atoms with E-state index in [1.54, 1.807) is 37.0 Å². The van der Waals surface area contributed by atoms with E-state index in [0.29, 0.717) is 23.4 Å². The Morgan fingerprint density at radius 1 is 1.20 bits per heavy atom. The molecule has 0 bridgehead atoms. The van der Waals surface area contributed by atoms with Gasteiger partial charge in [0.25, 0.3) is 5.91 Å². The van der Waals surface area contributed by atoms with E-state index in [0.717, 1.165) is 22.5 Å². The fourth-order valence-electron chi connectivity index (χ4n) is 4.21. The molecule has 7 nitrogen and oxygen atoms in total. The number of halogens is 1. The van der Waals surface area contributed by atoms with Crippen molar-refractivity contribution in [3.8, 4) is 11.3 Å². The number of nitrogens with one attached hydrogen (secondary N) is 1. The molecular formula is C27H29FN4O3. The Hall–Kier alpha value is -3.78. The Kier molecular flexibility index (Phi) is 6.84. The number of aromatic nitrogens is 2. The van der Waals surface area contributed by atoms with Crippen molar-refractivity contribution in [2.24, 2.45) is 0 Å². The Bertz CT molecular complexity index is 1290. The lowest BCUT2D eigenvalue weighted by Gasteiger charge is -2.28. The molecule has 0 fully saturated rings. The summed E-state index contributed by atoms with van der Waals surface area (Å²) in [6.07, 6.45) is 1.16. The SMILES string of the molecule is Cc1ccc(-c2cc(C)n(CC(C)O)n2)cc1NC(=O)C1=CN(C)C(=O)CC1c1ccc(F)cc1. The van der Waals surface area contributed by atoms with Gasteiger partial charge in [0, 0.05) is 48.1 Å². The Labute approximate surface area is 203 Å². The van der Waals surface area contributed by atoms with Crippen LogP contribution in [0.1, 0.15) is 36.1 Å². The first-order valence-electron chi connectivity index (χ1n) is 11.5. The molecule has 1 aromatic heterocycles. The normalized spacial score (nSPS) is 16.7. The van der Waals surface area contributed by atoms with E-state index >= 15 is 0 Å². The number of anilines is 1. The van der Waals surface area contributed by atoms with Crippen LogP contribution in [0.3, 0.4) is 0 Å². The molecule has 8 heteroatoms. The van der Waals surface area contributed by atoms with Crippen LogP contribution in [-0.2, 0) is 16.1 Å². The number of carbonyl (C=O) groups is 2. The molecule has 182 valence electrons. The van der Waals surface area contributed by atoms with E-state index in [9.17, 15) is 19.1 Å². The average molecular weight is 477 g/mol. The molecule has 1 aliphatic rings. The third-order valence-electron chi connectivity index (χ3n) is 6.21. The first kappa shape index (κ1) is 24.3. The molecule has 0 aliphatic carbocycles. The van der Waals surface area contributed by atoms with Crippen molar-refractivity contribution in [3.63, 3.8) is 0 Å². The van der Waals surface area contributed by atoms with Crippen LogP contribution in [0.15, 0.2) is 60.3 Å². The van der Waals surface area contributed by atoms with Gasteiger partial charge in [0.05, 0.1) is 18.3 Å². The number of carbonyl (C=O) groups excluding carboxylic acids is 2. The second kappa shape index (κ2) is 9.84. The van der Waals surface area contributed by atoms with E-state index in [4.69, 9.17) is 0 Å². The second-order valence-electron chi connectivity index (χ2n) is 9.08. The van der Waals surface area contributed by atoms with Crippen molar-refractivity contribution >= 4 is 17.5 Å². The van der Waals surface area contributed by atoms with Crippen LogP contribution < -0.4 is 5.32 Å². The Morgan fingerprint density at radius 3 is 2.60 bits per heavy atom. The van der Waals surface area contributed by atoms with Crippen LogP contribution in [0, 0.1) is 19.7 Å². The minimum absolute atomic E-state index is 0.114. The summed E-state index contributed by atoms with van der Waals surface area (Å²) < 4.78 is 15.2. The van der Waals surface area contributed by atoms with Crippen molar-refractivity contribution < 1.29 is 19.1 Å². The number of aryl methyl sites for hydroxylation is 2. The predicted octanol–water partition coefficient (Wildman–Crippen LogP) is 4.16. The van der Waals surface area contributed by atoms with Gasteiger partial charge in [-0.15, -0.1) is 0 Å². The van der Waals surface area contributed by atoms with Gasteiger partial charge in [0.15, 0.2) is 0 Å². The minimum atomic E-state index is -0.517. The zero-order chi connectivity index (χ0) is 25.3. The largest absolute Gasteiger partial charge is 0.391 e. The summed E-state index contributed by atoms with van der Waals surface area (Å²) in [6, 6.07) is 13.5. The van der Waals surface area contributed by atoms with E-state index in [-0.39, 0.29) is 24.1 Å². The summed E-state index contributed by atoms with van der Waals surface area (Å²) in [5.41, 5.74) is 5.15. The molecule has 2 amide bonds. The van der Waals surface area contributed by atoms with E-state index in [2.05, 4.69) is 10.4 Å². The van der Waals surface area contributed by atoms with Gasteiger partial charge in [-0.25, -0.2) is 4.39 Å². The van der Waals surface area contributed by atoms with Gasteiger partial charge in [-0.3, -0.25) is 14.3 Å².